The molecule has 1 aliphatic rings. The summed E-state index contributed by atoms with van der Waals surface area (Å²) < 4.78 is 5.11. The van der Waals surface area contributed by atoms with Crippen LogP contribution in [0.4, 0.5) is 0 Å². The van der Waals surface area contributed by atoms with E-state index in [-0.39, 0.29) is 11.8 Å². The van der Waals surface area contributed by atoms with Gasteiger partial charge in [0.15, 0.2) is 0 Å². The molecule has 0 aromatic carbocycles. The first-order valence-electron chi connectivity index (χ1n) is 4.82. The Hall–Kier alpha value is -1.84. The van der Waals surface area contributed by atoms with Gasteiger partial charge in [0.25, 0.3) is 5.91 Å². The van der Waals surface area contributed by atoms with Gasteiger partial charge in [-0.15, -0.1) is 0 Å². The van der Waals surface area contributed by atoms with Gasteiger partial charge in [0.05, 0.1) is 6.26 Å². The number of hydrogen-bond acceptors (Lipinski definition) is 3. The minimum atomic E-state index is -0.171. The Bertz CT molecular complexity index is 427. The smallest absolute Gasteiger partial charge is 0.275 e. The van der Waals surface area contributed by atoms with Crippen LogP contribution in [0.1, 0.15) is 19.6 Å². The highest BCUT2D eigenvalue weighted by molar-refractivity contribution is 6.14. The number of nitrogens with zero attached hydrogens (tertiary/aromatic N) is 1. The summed E-state index contributed by atoms with van der Waals surface area (Å²) in [4.78, 5) is 15.7. The Labute approximate surface area is 87.7 Å². The lowest BCUT2D eigenvalue weighted by atomic mass is 10.2. The Kier molecular flexibility index (Phi) is 2.41. The van der Waals surface area contributed by atoms with E-state index in [1.54, 1.807) is 24.5 Å². The van der Waals surface area contributed by atoms with E-state index in [2.05, 4.69) is 10.3 Å². The topological polar surface area (TPSA) is 54.6 Å². The Morgan fingerprint density at radius 3 is 2.87 bits per heavy atom. The molecule has 1 aliphatic heterocycles. The molecule has 0 bridgehead atoms. The molecule has 78 valence electrons. The van der Waals surface area contributed by atoms with Crippen molar-refractivity contribution in [2.75, 3.05) is 0 Å². The van der Waals surface area contributed by atoms with E-state index in [0.29, 0.717) is 17.3 Å². The molecule has 1 N–H and O–H groups in total. The standard InChI is InChI=1S/C11H12N2O2/c1-7(2)10-12-9(11(14)13-10)6-8-4-3-5-15-8/h3-7H,1-2H3,(H,12,13,14)/b9-6+. The zero-order valence-corrected chi connectivity index (χ0v) is 8.65. The molecule has 4 nitrogen and oxygen atoms in total. The first kappa shape index (κ1) is 9.71. The maximum Gasteiger partial charge on any atom is 0.275 e. The van der Waals surface area contributed by atoms with Crippen molar-refractivity contribution in [3.8, 4) is 0 Å². The summed E-state index contributed by atoms with van der Waals surface area (Å²) in [5, 5.41) is 2.72. The fourth-order valence-corrected chi connectivity index (χ4v) is 1.27. The normalized spacial score (nSPS) is 18.5. The van der Waals surface area contributed by atoms with Gasteiger partial charge < -0.3 is 9.73 Å². The molecule has 0 spiro atoms. The molecule has 4 heteroatoms. The van der Waals surface area contributed by atoms with Crippen molar-refractivity contribution in [2.24, 2.45) is 10.9 Å². The second-order valence-corrected chi connectivity index (χ2v) is 3.65. The average molecular weight is 204 g/mol. The van der Waals surface area contributed by atoms with E-state index in [1.165, 1.54) is 0 Å². The Morgan fingerprint density at radius 2 is 2.33 bits per heavy atom. The number of carbonyl (C=O) groups excluding carboxylic acids is 1. The van der Waals surface area contributed by atoms with Crippen LogP contribution in [0.3, 0.4) is 0 Å². The molecule has 2 heterocycles. The summed E-state index contributed by atoms with van der Waals surface area (Å²) in [6.07, 6.45) is 3.19. The predicted octanol–water partition coefficient (Wildman–Crippen LogP) is 1.80. The van der Waals surface area contributed by atoms with E-state index in [1.807, 2.05) is 13.8 Å². The van der Waals surface area contributed by atoms with Crippen molar-refractivity contribution < 1.29 is 9.21 Å². The van der Waals surface area contributed by atoms with Gasteiger partial charge in [-0.05, 0) is 12.1 Å². The largest absolute Gasteiger partial charge is 0.465 e. The lowest BCUT2D eigenvalue weighted by Crippen LogP contribution is -2.27. The van der Waals surface area contributed by atoms with Crippen molar-refractivity contribution in [1.29, 1.82) is 0 Å². The number of carbonyl (C=O) groups is 1. The van der Waals surface area contributed by atoms with E-state index in [0.717, 1.165) is 0 Å². The molecular weight excluding hydrogens is 192 g/mol. The van der Waals surface area contributed by atoms with Gasteiger partial charge in [0.2, 0.25) is 0 Å². The number of furan rings is 1. The molecule has 0 saturated carbocycles. The lowest BCUT2D eigenvalue weighted by Gasteiger charge is -2.01. The molecule has 0 aliphatic carbocycles. The van der Waals surface area contributed by atoms with Crippen LogP contribution in [-0.4, -0.2) is 11.7 Å². The molecule has 0 atom stereocenters. The number of amidine groups is 1. The molecule has 0 unspecified atom stereocenters. The highest BCUT2D eigenvalue weighted by atomic mass is 16.3. The molecule has 0 saturated heterocycles. The summed E-state index contributed by atoms with van der Waals surface area (Å²) in [5.74, 6) is 1.39. The minimum Gasteiger partial charge on any atom is -0.465 e. The second kappa shape index (κ2) is 3.73. The number of rotatable bonds is 2. The third kappa shape index (κ3) is 1.98. The maximum atomic E-state index is 11.5. The second-order valence-electron chi connectivity index (χ2n) is 3.65. The van der Waals surface area contributed by atoms with Crippen LogP contribution in [0.5, 0.6) is 0 Å². The molecule has 1 aromatic rings. The first-order chi connectivity index (χ1) is 7.16. The molecule has 1 amide bonds. The molecule has 1 aromatic heterocycles. The molecule has 0 radical (unpaired) electrons. The number of amides is 1. The SMILES string of the molecule is CC(C)C1=N/C(=C/c2ccco2)C(=O)N1. The quantitative estimate of drug-likeness (QED) is 0.747. The van der Waals surface area contributed by atoms with E-state index in [9.17, 15) is 4.79 Å². The van der Waals surface area contributed by atoms with Gasteiger partial charge in [-0.1, -0.05) is 13.8 Å². The zero-order valence-electron chi connectivity index (χ0n) is 8.65. The minimum absolute atomic E-state index is 0.171. The predicted molar refractivity (Wildman–Crippen MR) is 57.1 cm³/mol. The maximum absolute atomic E-state index is 11.5. The van der Waals surface area contributed by atoms with Crippen LogP contribution in [0.2, 0.25) is 0 Å². The van der Waals surface area contributed by atoms with Crippen LogP contribution in [0, 0.1) is 5.92 Å². The third-order valence-corrected chi connectivity index (χ3v) is 2.08. The van der Waals surface area contributed by atoms with Crippen LogP contribution in [-0.2, 0) is 4.79 Å². The zero-order chi connectivity index (χ0) is 10.8. The van der Waals surface area contributed by atoms with Gasteiger partial charge in [-0.3, -0.25) is 4.79 Å². The van der Waals surface area contributed by atoms with Gasteiger partial charge >= 0.3 is 0 Å². The van der Waals surface area contributed by atoms with Crippen LogP contribution >= 0.6 is 0 Å². The number of nitrogens with one attached hydrogen (secondary N) is 1. The van der Waals surface area contributed by atoms with Crippen molar-refractivity contribution >= 4 is 17.8 Å². The van der Waals surface area contributed by atoms with Gasteiger partial charge in [-0.25, -0.2) is 4.99 Å². The van der Waals surface area contributed by atoms with Crippen LogP contribution in [0.15, 0.2) is 33.5 Å². The summed E-state index contributed by atoms with van der Waals surface area (Å²) in [7, 11) is 0. The highest BCUT2D eigenvalue weighted by Gasteiger charge is 2.21. The molecule has 15 heavy (non-hydrogen) atoms. The van der Waals surface area contributed by atoms with E-state index < -0.39 is 0 Å². The van der Waals surface area contributed by atoms with Crippen molar-refractivity contribution in [2.45, 2.75) is 13.8 Å². The van der Waals surface area contributed by atoms with E-state index in [4.69, 9.17) is 4.42 Å². The highest BCUT2D eigenvalue weighted by Crippen LogP contribution is 2.14. The molecule has 0 fully saturated rings. The van der Waals surface area contributed by atoms with Crippen LogP contribution in [0.25, 0.3) is 6.08 Å². The average Bonchev–Trinajstić information content (AvgIpc) is 2.77. The summed E-state index contributed by atoms with van der Waals surface area (Å²) in [6, 6.07) is 3.55. The van der Waals surface area contributed by atoms with Crippen LogP contribution < -0.4 is 5.32 Å². The Balaban J connectivity index is 2.27. The van der Waals surface area contributed by atoms with Gasteiger partial charge in [0, 0.05) is 12.0 Å². The third-order valence-electron chi connectivity index (χ3n) is 2.08. The number of aliphatic imine (C=N–C) groups is 1. The van der Waals surface area contributed by atoms with E-state index >= 15 is 0 Å². The molecule has 2 rings (SSSR count). The van der Waals surface area contributed by atoms with Gasteiger partial charge in [-0.2, -0.15) is 0 Å². The fourth-order valence-electron chi connectivity index (χ4n) is 1.27. The monoisotopic (exact) mass is 204 g/mol. The van der Waals surface area contributed by atoms with Crippen molar-refractivity contribution in [3.63, 3.8) is 0 Å². The number of hydrogen-bond donors (Lipinski definition) is 1. The van der Waals surface area contributed by atoms with Gasteiger partial charge in [0.1, 0.15) is 17.3 Å². The van der Waals surface area contributed by atoms with Crippen molar-refractivity contribution in [3.05, 3.63) is 29.9 Å². The molecular formula is C11H12N2O2. The fraction of sp³-hybridized carbons (Fsp3) is 0.273. The summed E-state index contributed by atoms with van der Waals surface area (Å²) >= 11 is 0. The Morgan fingerprint density at radius 1 is 1.53 bits per heavy atom. The van der Waals surface area contributed by atoms with Crippen molar-refractivity contribution in [1.82, 2.24) is 5.32 Å². The summed E-state index contributed by atoms with van der Waals surface area (Å²) in [6.45, 7) is 3.96. The first-order valence-corrected chi connectivity index (χ1v) is 4.82. The lowest BCUT2D eigenvalue weighted by molar-refractivity contribution is -0.115. The summed E-state index contributed by atoms with van der Waals surface area (Å²) in [5.41, 5.74) is 0.397.